The third-order valence-corrected chi connectivity index (χ3v) is 2.48. The van der Waals surface area contributed by atoms with E-state index in [9.17, 15) is 14.3 Å². The molecule has 0 radical (unpaired) electrons. The van der Waals surface area contributed by atoms with Crippen molar-refractivity contribution in [1.29, 1.82) is 0 Å². The highest BCUT2D eigenvalue weighted by Crippen LogP contribution is 2.22. The Morgan fingerprint density at radius 3 is 2.67 bits per heavy atom. The first kappa shape index (κ1) is 12.4. The highest BCUT2D eigenvalue weighted by Gasteiger charge is 2.36. The van der Waals surface area contributed by atoms with E-state index in [-0.39, 0.29) is 31.9 Å². The number of carbonyl (C=O) groups excluding carboxylic acids is 1. The molecule has 0 saturated carbocycles. The Balaban J connectivity index is 2.59. The SMILES string of the molecule is CC(C)(O)CC(=O)N1C[C@@H](F)C[C@H]1CO. The molecule has 2 N–H and O–H groups in total. The number of alkyl halides is 1. The van der Waals surface area contributed by atoms with E-state index < -0.39 is 17.8 Å². The summed E-state index contributed by atoms with van der Waals surface area (Å²) in [6, 6.07) is -0.435. The molecule has 15 heavy (non-hydrogen) atoms. The highest BCUT2D eigenvalue weighted by molar-refractivity contribution is 5.77. The molecule has 0 aromatic heterocycles. The molecule has 1 aliphatic heterocycles. The molecule has 5 heteroatoms. The van der Waals surface area contributed by atoms with E-state index in [1.54, 1.807) is 0 Å². The van der Waals surface area contributed by atoms with Crippen LogP contribution in [-0.2, 0) is 4.79 Å². The monoisotopic (exact) mass is 219 g/mol. The largest absolute Gasteiger partial charge is 0.394 e. The molecule has 1 aliphatic rings. The molecule has 0 aliphatic carbocycles. The van der Waals surface area contributed by atoms with Crippen molar-refractivity contribution in [2.45, 2.75) is 44.5 Å². The molecule has 2 atom stereocenters. The smallest absolute Gasteiger partial charge is 0.225 e. The second-order valence-corrected chi connectivity index (χ2v) is 4.70. The van der Waals surface area contributed by atoms with Crippen LogP contribution in [0.1, 0.15) is 26.7 Å². The van der Waals surface area contributed by atoms with E-state index in [2.05, 4.69) is 0 Å². The van der Waals surface area contributed by atoms with E-state index in [1.807, 2.05) is 0 Å². The van der Waals surface area contributed by atoms with Crippen LogP contribution in [0, 0.1) is 0 Å². The first-order valence-electron chi connectivity index (χ1n) is 5.10. The zero-order valence-corrected chi connectivity index (χ0v) is 9.11. The van der Waals surface area contributed by atoms with Gasteiger partial charge in [-0.3, -0.25) is 4.79 Å². The molecule has 0 aromatic rings. The fourth-order valence-corrected chi connectivity index (χ4v) is 1.81. The number of aliphatic hydroxyl groups is 2. The minimum atomic E-state index is -1.09. The van der Waals surface area contributed by atoms with E-state index >= 15 is 0 Å². The van der Waals surface area contributed by atoms with Crippen LogP contribution in [0.3, 0.4) is 0 Å². The first-order chi connectivity index (χ1) is 6.83. The number of likely N-dealkylation sites (tertiary alicyclic amines) is 1. The lowest BCUT2D eigenvalue weighted by Crippen LogP contribution is -2.41. The van der Waals surface area contributed by atoms with Crippen molar-refractivity contribution in [1.82, 2.24) is 4.90 Å². The first-order valence-corrected chi connectivity index (χ1v) is 5.10. The summed E-state index contributed by atoms with van der Waals surface area (Å²) >= 11 is 0. The molecule has 1 heterocycles. The van der Waals surface area contributed by atoms with Gasteiger partial charge >= 0.3 is 0 Å². The normalized spacial score (nSPS) is 27.1. The molecule has 1 saturated heterocycles. The predicted octanol–water partition coefficient (Wildman–Crippen LogP) is 0.0787. The maximum atomic E-state index is 13.0. The maximum absolute atomic E-state index is 13.0. The molecule has 0 spiro atoms. The van der Waals surface area contributed by atoms with E-state index in [0.29, 0.717) is 0 Å². The molecule has 4 nitrogen and oxygen atoms in total. The van der Waals surface area contributed by atoms with Crippen LogP contribution in [0.2, 0.25) is 0 Å². The van der Waals surface area contributed by atoms with Crippen LogP contribution in [0.15, 0.2) is 0 Å². The Morgan fingerprint density at radius 2 is 2.20 bits per heavy atom. The Hall–Kier alpha value is -0.680. The topological polar surface area (TPSA) is 60.8 Å². The quantitative estimate of drug-likeness (QED) is 0.706. The van der Waals surface area contributed by atoms with Crippen molar-refractivity contribution in [2.24, 2.45) is 0 Å². The minimum absolute atomic E-state index is 0.0279. The Kier molecular flexibility index (Phi) is 3.67. The van der Waals surface area contributed by atoms with Crippen LogP contribution in [0.5, 0.6) is 0 Å². The number of hydrogen-bond donors (Lipinski definition) is 2. The number of aliphatic hydroxyl groups excluding tert-OH is 1. The average molecular weight is 219 g/mol. The second kappa shape index (κ2) is 4.45. The number of amides is 1. The third kappa shape index (κ3) is 3.43. The summed E-state index contributed by atoms with van der Waals surface area (Å²) in [4.78, 5) is 13.0. The predicted molar refractivity (Wildman–Crippen MR) is 53.0 cm³/mol. The van der Waals surface area contributed by atoms with Gasteiger partial charge in [-0.05, 0) is 13.8 Å². The van der Waals surface area contributed by atoms with Gasteiger partial charge in [0, 0.05) is 6.42 Å². The van der Waals surface area contributed by atoms with Crippen LogP contribution in [-0.4, -0.2) is 52.0 Å². The number of nitrogens with zero attached hydrogens (tertiary/aromatic N) is 1. The lowest BCUT2D eigenvalue weighted by atomic mass is 10.0. The molecule has 0 unspecified atom stereocenters. The number of rotatable bonds is 3. The Morgan fingerprint density at radius 1 is 1.60 bits per heavy atom. The number of halogens is 1. The zero-order chi connectivity index (χ0) is 11.6. The van der Waals surface area contributed by atoms with Crippen molar-refractivity contribution in [3.63, 3.8) is 0 Å². The summed E-state index contributed by atoms with van der Waals surface area (Å²) in [5, 5.41) is 18.4. The summed E-state index contributed by atoms with van der Waals surface area (Å²) in [6.07, 6.45) is -0.919. The van der Waals surface area contributed by atoms with Gasteiger partial charge in [-0.15, -0.1) is 0 Å². The minimum Gasteiger partial charge on any atom is -0.394 e. The average Bonchev–Trinajstić information content (AvgIpc) is 2.43. The van der Waals surface area contributed by atoms with E-state index in [4.69, 9.17) is 5.11 Å². The van der Waals surface area contributed by atoms with Gasteiger partial charge in [0.1, 0.15) is 6.17 Å². The maximum Gasteiger partial charge on any atom is 0.225 e. The molecule has 1 fully saturated rings. The third-order valence-electron chi connectivity index (χ3n) is 2.48. The lowest BCUT2D eigenvalue weighted by molar-refractivity contribution is -0.137. The number of hydrogen-bond acceptors (Lipinski definition) is 3. The molecular weight excluding hydrogens is 201 g/mol. The second-order valence-electron chi connectivity index (χ2n) is 4.70. The van der Waals surface area contributed by atoms with Gasteiger partial charge in [-0.2, -0.15) is 0 Å². The van der Waals surface area contributed by atoms with Crippen molar-refractivity contribution < 1.29 is 19.4 Å². The van der Waals surface area contributed by atoms with Crippen molar-refractivity contribution in [3.05, 3.63) is 0 Å². The summed E-state index contributed by atoms with van der Waals surface area (Å²) in [5.41, 5.74) is -1.09. The standard InChI is InChI=1S/C10H18FNO3/c1-10(2,15)4-9(14)12-5-7(11)3-8(12)6-13/h7-8,13,15H,3-6H2,1-2H3/t7-,8-/m0/s1. The van der Waals surface area contributed by atoms with Gasteiger partial charge in [0.25, 0.3) is 0 Å². The Bertz CT molecular complexity index is 239. The molecule has 88 valence electrons. The molecule has 1 amide bonds. The van der Waals surface area contributed by atoms with Crippen molar-refractivity contribution in [3.8, 4) is 0 Å². The van der Waals surface area contributed by atoms with Gasteiger partial charge in [-0.25, -0.2) is 4.39 Å². The van der Waals surface area contributed by atoms with E-state index in [1.165, 1.54) is 18.7 Å². The molecule has 0 aromatic carbocycles. The summed E-state index contributed by atoms with van der Waals surface area (Å²) in [6.45, 7) is 2.86. The van der Waals surface area contributed by atoms with Gasteiger partial charge in [0.05, 0.1) is 31.2 Å². The molecular formula is C10H18FNO3. The summed E-state index contributed by atoms with van der Waals surface area (Å²) in [5.74, 6) is -0.304. The summed E-state index contributed by atoms with van der Waals surface area (Å²) in [7, 11) is 0. The van der Waals surface area contributed by atoms with Gasteiger partial charge < -0.3 is 15.1 Å². The van der Waals surface area contributed by atoms with Crippen LogP contribution in [0.4, 0.5) is 4.39 Å². The van der Waals surface area contributed by atoms with Crippen molar-refractivity contribution in [2.75, 3.05) is 13.2 Å². The molecule has 1 rings (SSSR count). The van der Waals surface area contributed by atoms with Crippen LogP contribution >= 0.6 is 0 Å². The van der Waals surface area contributed by atoms with Gasteiger partial charge in [0.15, 0.2) is 0 Å². The fraction of sp³-hybridized carbons (Fsp3) is 0.900. The summed E-state index contributed by atoms with van der Waals surface area (Å²) < 4.78 is 13.0. The zero-order valence-electron chi connectivity index (χ0n) is 9.11. The number of carbonyl (C=O) groups is 1. The van der Waals surface area contributed by atoms with E-state index in [0.717, 1.165) is 0 Å². The van der Waals surface area contributed by atoms with Crippen LogP contribution in [0.25, 0.3) is 0 Å². The van der Waals surface area contributed by atoms with Gasteiger partial charge in [-0.1, -0.05) is 0 Å². The van der Waals surface area contributed by atoms with Gasteiger partial charge in [0.2, 0.25) is 5.91 Å². The molecule has 0 bridgehead atoms. The Labute approximate surface area is 88.7 Å². The van der Waals surface area contributed by atoms with Crippen LogP contribution < -0.4 is 0 Å². The van der Waals surface area contributed by atoms with Crippen molar-refractivity contribution >= 4 is 5.91 Å². The highest BCUT2D eigenvalue weighted by atomic mass is 19.1. The fourth-order valence-electron chi connectivity index (χ4n) is 1.81. The lowest BCUT2D eigenvalue weighted by Gasteiger charge is -2.26.